The molecule has 2 unspecified atom stereocenters. The van der Waals surface area contributed by atoms with E-state index in [0.717, 1.165) is 64.6 Å². The molecule has 1 heterocycles. The first-order valence-corrected chi connectivity index (χ1v) is 15.1. The molecule has 6 heteroatoms. The van der Waals surface area contributed by atoms with E-state index in [-0.39, 0.29) is 24.1 Å². The molecule has 0 N–H and O–H groups in total. The Morgan fingerprint density at radius 1 is 0.897 bits per heavy atom. The summed E-state index contributed by atoms with van der Waals surface area (Å²) in [5.41, 5.74) is 1.73. The molecule has 1 aliphatic heterocycles. The van der Waals surface area contributed by atoms with Gasteiger partial charge in [-0.3, -0.25) is 4.79 Å². The molecule has 0 bridgehead atoms. The third-order valence-corrected chi connectivity index (χ3v) is 7.46. The number of rotatable bonds is 21. The highest BCUT2D eigenvalue weighted by Gasteiger charge is 2.31. The molecular weight excluding hydrogens is 488 g/mol. The van der Waals surface area contributed by atoms with Crippen molar-refractivity contribution in [2.75, 3.05) is 13.8 Å². The molecule has 39 heavy (non-hydrogen) atoms. The Morgan fingerprint density at radius 3 is 2.21 bits per heavy atom. The van der Waals surface area contributed by atoms with E-state index in [4.69, 9.17) is 9.47 Å². The van der Waals surface area contributed by atoms with Gasteiger partial charge in [0.1, 0.15) is 6.10 Å². The standard InChI is InChI=1S/C33H52N2O4/c1-5-6-7-8-10-16-21-30(35-25-24-34(27-35)26-29-19-14-13-15-20-29)31(39-33(37)28(2)3)22-17-11-9-12-18-23-32(36)38-4/h13-15,19-20,24-25,30-31H,2,5-12,16-18,21-23,26-27H2,1,3-4H3. The maximum absolute atomic E-state index is 12.7. The van der Waals surface area contributed by atoms with E-state index in [2.05, 4.69) is 60.0 Å². The second kappa shape index (κ2) is 19.3. The fourth-order valence-electron chi connectivity index (χ4n) is 5.13. The van der Waals surface area contributed by atoms with Gasteiger partial charge in [0.2, 0.25) is 0 Å². The molecule has 0 radical (unpaired) electrons. The summed E-state index contributed by atoms with van der Waals surface area (Å²) in [5, 5.41) is 0. The summed E-state index contributed by atoms with van der Waals surface area (Å²) in [6.45, 7) is 9.46. The van der Waals surface area contributed by atoms with E-state index in [1.165, 1.54) is 44.8 Å². The fourth-order valence-corrected chi connectivity index (χ4v) is 5.13. The summed E-state index contributed by atoms with van der Waals surface area (Å²) < 4.78 is 10.8. The van der Waals surface area contributed by atoms with Crippen molar-refractivity contribution in [3.63, 3.8) is 0 Å². The minimum absolute atomic E-state index is 0.135. The van der Waals surface area contributed by atoms with E-state index in [1.54, 1.807) is 6.92 Å². The lowest BCUT2D eigenvalue weighted by Gasteiger charge is -2.35. The highest BCUT2D eigenvalue weighted by atomic mass is 16.5. The zero-order valence-electron chi connectivity index (χ0n) is 24.7. The van der Waals surface area contributed by atoms with Gasteiger partial charge in [-0.15, -0.1) is 0 Å². The molecule has 2 atom stereocenters. The highest BCUT2D eigenvalue weighted by molar-refractivity contribution is 5.87. The summed E-state index contributed by atoms with van der Waals surface area (Å²) in [5.74, 6) is -0.436. The second-order valence-corrected chi connectivity index (χ2v) is 10.9. The molecule has 2 rings (SSSR count). The maximum Gasteiger partial charge on any atom is 0.333 e. The molecular formula is C33H52N2O4. The van der Waals surface area contributed by atoms with E-state index in [9.17, 15) is 9.59 Å². The van der Waals surface area contributed by atoms with E-state index in [1.807, 2.05) is 6.07 Å². The van der Waals surface area contributed by atoms with Crippen LogP contribution in [0.5, 0.6) is 0 Å². The van der Waals surface area contributed by atoms with Crippen LogP contribution in [0.25, 0.3) is 0 Å². The molecule has 0 saturated heterocycles. The summed E-state index contributed by atoms with van der Waals surface area (Å²) >= 11 is 0. The smallest absolute Gasteiger partial charge is 0.333 e. The first-order valence-electron chi connectivity index (χ1n) is 15.1. The third-order valence-electron chi connectivity index (χ3n) is 7.46. The second-order valence-electron chi connectivity index (χ2n) is 10.9. The van der Waals surface area contributed by atoms with Crippen LogP contribution in [-0.4, -0.2) is 47.7 Å². The lowest BCUT2D eigenvalue weighted by atomic mass is 9.96. The lowest BCUT2D eigenvalue weighted by Crippen LogP contribution is -2.44. The molecule has 6 nitrogen and oxygen atoms in total. The summed E-state index contributed by atoms with van der Waals surface area (Å²) in [7, 11) is 1.44. The van der Waals surface area contributed by atoms with Crippen molar-refractivity contribution >= 4 is 11.9 Å². The van der Waals surface area contributed by atoms with Gasteiger partial charge < -0.3 is 19.3 Å². The van der Waals surface area contributed by atoms with Gasteiger partial charge in [0.25, 0.3) is 0 Å². The number of ether oxygens (including phenoxy) is 2. The van der Waals surface area contributed by atoms with Crippen LogP contribution in [0.3, 0.4) is 0 Å². The number of methoxy groups -OCH3 is 1. The minimum atomic E-state index is -0.296. The molecule has 0 fully saturated rings. The Kier molecular flexibility index (Phi) is 16.1. The van der Waals surface area contributed by atoms with Gasteiger partial charge in [-0.2, -0.15) is 0 Å². The average molecular weight is 541 g/mol. The summed E-state index contributed by atoms with van der Waals surface area (Å²) in [4.78, 5) is 28.7. The lowest BCUT2D eigenvalue weighted by molar-refractivity contribution is -0.148. The van der Waals surface area contributed by atoms with E-state index in [0.29, 0.717) is 12.0 Å². The van der Waals surface area contributed by atoms with Gasteiger partial charge in [0, 0.05) is 30.9 Å². The maximum atomic E-state index is 12.7. The molecule has 0 spiro atoms. The third kappa shape index (κ3) is 13.2. The van der Waals surface area contributed by atoms with Crippen LogP contribution in [0.2, 0.25) is 0 Å². The van der Waals surface area contributed by atoms with Crippen molar-refractivity contribution in [3.8, 4) is 0 Å². The zero-order chi connectivity index (χ0) is 28.3. The van der Waals surface area contributed by atoms with Crippen molar-refractivity contribution in [2.24, 2.45) is 0 Å². The minimum Gasteiger partial charge on any atom is -0.469 e. The number of carbonyl (C=O) groups is 2. The number of carbonyl (C=O) groups excluding carboxylic acids is 2. The van der Waals surface area contributed by atoms with Crippen LogP contribution < -0.4 is 0 Å². The number of benzene rings is 1. The Hall–Kier alpha value is -2.76. The molecule has 0 saturated carbocycles. The van der Waals surface area contributed by atoms with Gasteiger partial charge in [-0.1, -0.05) is 102 Å². The number of unbranched alkanes of at least 4 members (excludes halogenated alkanes) is 9. The quantitative estimate of drug-likeness (QED) is 0.0903. The summed E-state index contributed by atoms with van der Waals surface area (Å²) in [6, 6.07) is 10.7. The molecule has 0 aliphatic carbocycles. The average Bonchev–Trinajstić information content (AvgIpc) is 3.39. The van der Waals surface area contributed by atoms with Crippen LogP contribution in [0, 0.1) is 0 Å². The monoisotopic (exact) mass is 540 g/mol. The molecule has 0 amide bonds. The Bertz CT molecular complexity index is 870. The topological polar surface area (TPSA) is 59.1 Å². The number of hydrogen-bond acceptors (Lipinski definition) is 6. The molecule has 1 aliphatic rings. The Morgan fingerprint density at radius 2 is 1.54 bits per heavy atom. The van der Waals surface area contributed by atoms with Crippen LogP contribution in [0.4, 0.5) is 0 Å². The van der Waals surface area contributed by atoms with Gasteiger partial charge >= 0.3 is 11.9 Å². The number of nitrogens with zero attached hydrogens (tertiary/aromatic N) is 2. The number of esters is 2. The van der Waals surface area contributed by atoms with Gasteiger partial charge in [0.05, 0.1) is 19.8 Å². The van der Waals surface area contributed by atoms with Crippen LogP contribution in [0.1, 0.15) is 109 Å². The number of hydrogen-bond donors (Lipinski definition) is 0. The Balaban J connectivity index is 2.01. The highest BCUT2D eigenvalue weighted by Crippen LogP contribution is 2.26. The van der Waals surface area contributed by atoms with Crippen molar-refractivity contribution in [3.05, 3.63) is 60.4 Å². The zero-order valence-corrected chi connectivity index (χ0v) is 24.7. The molecule has 1 aromatic rings. The van der Waals surface area contributed by atoms with Crippen molar-refractivity contribution in [1.29, 1.82) is 0 Å². The normalized spacial score (nSPS) is 14.3. The predicted molar refractivity (Wildman–Crippen MR) is 159 cm³/mol. The van der Waals surface area contributed by atoms with Gasteiger partial charge in [-0.05, 0) is 38.2 Å². The van der Waals surface area contributed by atoms with E-state index < -0.39 is 0 Å². The fraction of sp³-hybridized carbons (Fsp3) is 0.636. The SMILES string of the molecule is C=C(C)C(=O)OC(CCCCCCCC(=O)OC)C(CCCCCCCC)N1C=CN(Cc2ccccc2)C1. The first kappa shape index (κ1) is 32.5. The largest absolute Gasteiger partial charge is 0.469 e. The predicted octanol–water partition coefficient (Wildman–Crippen LogP) is 7.74. The van der Waals surface area contributed by atoms with Crippen molar-refractivity contribution in [1.82, 2.24) is 9.80 Å². The molecule has 0 aromatic heterocycles. The van der Waals surface area contributed by atoms with Crippen LogP contribution >= 0.6 is 0 Å². The van der Waals surface area contributed by atoms with Crippen molar-refractivity contribution < 1.29 is 19.1 Å². The summed E-state index contributed by atoms with van der Waals surface area (Å²) in [6.07, 6.45) is 18.9. The van der Waals surface area contributed by atoms with E-state index >= 15 is 0 Å². The van der Waals surface area contributed by atoms with Crippen molar-refractivity contribution in [2.45, 2.75) is 122 Å². The Labute approximate surface area is 237 Å². The molecule has 218 valence electrons. The van der Waals surface area contributed by atoms with Gasteiger partial charge in [0.15, 0.2) is 0 Å². The van der Waals surface area contributed by atoms with Crippen LogP contribution in [0.15, 0.2) is 54.9 Å². The first-order chi connectivity index (χ1) is 18.9. The van der Waals surface area contributed by atoms with Crippen LogP contribution in [-0.2, 0) is 25.6 Å². The molecule has 1 aromatic carbocycles. The van der Waals surface area contributed by atoms with Gasteiger partial charge in [-0.25, -0.2) is 4.79 Å².